The Balaban J connectivity index is 1.74. The molecule has 1 aromatic carbocycles. The molecule has 1 atom stereocenters. The fraction of sp³-hybridized carbons (Fsp3) is 0.294. The number of thioether (sulfide) groups is 1. The molecule has 8 heteroatoms. The zero-order chi connectivity index (χ0) is 17.8. The van der Waals surface area contributed by atoms with E-state index >= 15 is 0 Å². The average Bonchev–Trinajstić information content (AvgIpc) is 3.21. The summed E-state index contributed by atoms with van der Waals surface area (Å²) in [5.74, 6) is 0.967. The van der Waals surface area contributed by atoms with E-state index in [1.165, 1.54) is 11.8 Å². The topological polar surface area (TPSA) is 85.8 Å². The molecule has 0 aliphatic rings. The summed E-state index contributed by atoms with van der Waals surface area (Å²) in [4.78, 5) is 12.3. The molecule has 25 heavy (non-hydrogen) atoms. The highest BCUT2D eigenvalue weighted by Gasteiger charge is 2.21. The van der Waals surface area contributed by atoms with Gasteiger partial charge in [-0.3, -0.25) is 10.1 Å². The zero-order valence-corrected chi connectivity index (χ0v) is 15.1. The smallest absolute Gasteiger partial charge is 0.240 e. The molecule has 0 unspecified atom stereocenters. The molecule has 1 N–H and O–H groups in total. The van der Waals surface area contributed by atoms with Gasteiger partial charge in [0.1, 0.15) is 0 Å². The lowest BCUT2D eigenvalue weighted by Crippen LogP contribution is -2.22. The van der Waals surface area contributed by atoms with Crippen LogP contribution in [0, 0.1) is 6.92 Å². The van der Waals surface area contributed by atoms with Gasteiger partial charge in [-0.2, -0.15) is 0 Å². The number of hydrogen-bond acceptors (Lipinski definition) is 6. The second-order valence-corrected chi connectivity index (χ2v) is 6.81. The maximum absolute atomic E-state index is 12.3. The Kier molecular flexibility index (Phi) is 5.18. The number of hydrogen-bond donors (Lipinski definition) is 1. The summed E-state index contributed by atoms with van der Waals surface area (Å²) >= 11 is 1.36. The van der Waals surface area contributed by atoms with E-state index in [1.807, 2.05) is 48.7 Å². The lowest BCUT2D eigenvalue weighted by Gasteiger charge is -2.11. The number of carbonyl (C=O) groups is 1. The van der Waals surface area contributed by atoms with Crippen molar-refractivity contribution in [2.75, 3.05) is 5.32 Å². The Bertz CT molecular complexity index is 859. The van der Waals surface area contributed by atoms with E-state index in [-0.39, 0.29) is 11.2 Å². The van der Waals surface area contributed by atoms with E-state index in [4.69, 9.17) is 4.52 Å². The number of aromatic nitrogens is 4. The third-order valence-corrected chi connectivity index (χ3v) is 4.67. The van der Waals surface area contributed by atoms with E-state index in [9.17, 15) is 4.79 Å². The van der Waals surface area contributed by atoms with E-state index in [2.05, 4.69) is 20.7 Å². The van der Waals surface area contributed by atoms with Crippen LogP contribution in [-0.4, -0.2) is 31.1 Å². The van der Waals surface area contributed by atoms with Crippen LogP contribution in [-0.2, 0) is 11.3 Å². The molecule has 3 rings (SSSR count). The van der Waals surface area contributed by atoms with Crippen molar-refractivity contribution in [2.45, 2.75) is 37.7 Å². The highest BCUT2D eigenvalue weighted by Crippen LogP contribution is 2.27. The SMILES string of the molecule is CCn1c(S[C@H](C)C(=O)Nc2cc(C)no2)nnc1-c1ccccc1. The van der Waals surface area contributed by atoms with Gasteiger partial charge in [0.15, 0.2) is 11.0 Å². The number of aryl methyl sites for hydroxylation is 1. The lowest BCUT2D eigenvalue weighted by molar-refractivity contribution is -0.115. The second-order valence-electron chi connectivity index (χ2n) is 5.50. The van der Waals surface area contributed by atoms with E-state index in [0.717, 1.165) is 17.9 Å². The Labute approximate surface area is 149 Å². The Morgan fingerprint density at radius 2 is 2.08 bits per heavy atom. The van der Waals surface area contributed by atoms with Crippen molar-refractivity contribution >= 4 is 23.6 Å². The van der Waals surface area contributed by atoms with Crippen molar-refractivity contribution in [3.8, 4) is 11.4 Å². The molecule has 0 aliphatic heterocycles. The van der Waals surface area contributed by atoms with Gasteiger partial charge in [-0.15, -0.1) is 10.2 Å². The molecule has 0 saturated carbocycles. The second kappa shape index (κ2) is 7.52. The van der Waals surface area contributed by atoms with E-state index in [0.29, 0.717) is 16.7 Å². The van der Waals surface area contributed by atoms with Gasteiger partial charge < -0.3 is 9.09 Å². The maximum atomic E-state index is 12.3. The van der Waals surface area contributed by atoms with Gasteiger partial charge in [-0.25, -0.2) is 0 Å². The van der Waals surface area contributed by atoms with Gasteiger partial charge in [-0.1, -0.05) is 47.3 Å². The number of nitrogens with zero attached hydrogens (tertiary/aromatic N) is 4. The standard InChI is InChI=1S/C17H19N5O2S/c1-4-22-15(13-8-6-5-7-9-13)19-20-17(22)25-12(3)16(23)18-14-10-11(2)21-24-14/h5-10,12H,4H2,1-3H3,(H,18,23)/t12-/m1/s1. The average molecular weight is 357 g/mol. The molecule has 2 heterocycles. The minimum absolute atomic E-state index is 0.173. The van der Waals surface area contributed by atoms with Crippen LogP contribution in [0.2, 0.25) is 0 Å². The van der Waals surface area contributed by atoms with Crippen molar-refractivity contribution in [1.29, 1.82) is 0 Å². The first-order valence-electron chi connectivity index (χ1n) is 7.98. The van der Waals surface area contributed by atoms with Crippen molar-refractivity contribution in [3.05, 3.63) is 42.1 Å². The molecular formula is C17H19N5O2S. The summed E-state index contributed by atoms with van der Waals surface area (Å²) in [5.41, 5.74) is 1.71. The first-order chi connectivity index (χ1) is 12.1. The first-order valence-corrected chi connectivity index (χ1v) is 8.86. The molecule has 0 spiro atoms. The van der Waals surface area contributed by atoms with Crippen LogP contribution in [0.3, 0.4) is 0 Å². The van der Waals surface area contributed by atoms with Crippen molar-refractivity contribution in [1.82, 2.24) is 19.9 Å². The van der Waals surface area contributed by atoms with Gasteiger partial charge in [0.25, 0.3) is 0 Å². The van der Waals surface area contributed by atoms with E-state index < -0.39 is 0 Å². The fourth-order valence-electron chi connectivity index (χ4n) is 2.32. The van der Waals surface area contributed by atoms with Crippen LogP contribution < -0.4 is 5.32 Å². The minimum Gasteiger partial charge on any atom is -0.338 e. The molecule has 3 aromatic rings. The normalized spacial score (nSPS) is 12.1. The quantitative estimate of drug-likeness (QED) is 0.681. The molecule has 0 saturated heterocycles. The molecule has 0 radical (unpaired) electrons. The fourth-order valence-corrected chi connectivity index (χ4v) is 3.23. The third kappa shape index (κ3) is 3.90. The summed E-state index contributed by atoms with van der Waals surface area (Å²) < 4.78 is 7.02. The number of amides is 1. The lowest BCUT2D eigenvalue weighted by atomic mass is 10.2. The summed E-state index contributed by atoms with van der Waals surface area (Å²) in [5, 5.41) is 15.4. The molecule has 0 aliphatic carbocycles. The van der Waals surface area contributed by atoms with Crippen LogP contribution >= 0.6 is 11.8 Å². The van der Waals surface area contributed by atoms with Gasteiger partial charge in [0.2, 0.25) is 11.8 Å². The number of rotatable bonds is 6. The highest BCUT2D eigenvalue weighted by molar-refractivity contribution is 8.00. The van der Waals surface area contributed by atoms with Crippen molar-refractivity contribution in [3.63, 3.8) is 0 Å². The van der Waals surface area contributed by atoms with Crippen LogP contribution in [0.5, 0.6) is 0 Å². The van der Waals surface area contributed by atoms with Gasteiger partial charge in [0, 0.05) is 18.2 Å². The van der Waals surface area contributed by atoms with E-state index in [1.54, 1.807) is 13.0 Å². The predicted molar refractivity (Wildman–Crippen MR) is 96.3 cm³/mol. The number of nitrogens with one attached hydrogen (secondary N) is 1. The zero-order valence-electron chi connectivity index (χ0n) is 14.3. The Hall–Kier alpha value is -2.61. The van der Waals surface area contributed by atoms with Crippen LogP contribution in [0.15, 0.2) is 46.1 Å². The molecule has 0 fully saturated rings. The van der Waals surface area contributed by atoms with Gasteiger partial charge in [0.05, 0.1) is 10.9 Å². The van der Waals surface area contributed by atoms with Gasteiger partial charge in [-0.05, 0) is 20.8 Å². The summed E-state index contributed by atoms with van der Waals surface area (Å²) in [7, 11) is 0. The molecule has 7 nitrogen and oxygen atoms in total. The van der Waals surface area contributed by atoms with Crippen molar-refractivity contribution in [2.24, 2.45) is 0 Å². The van der Waals surface area contributed by atoms with Crippen LogP contribution in [0.1, 0.15) is 19.5 Å². The maximum Gasteiger partial charge on any atom is 0.240 e. The highest BCUT2D eigenvalue weighted by atomic mass is 32.2. The minimum atomic E-state index is -0.358. The van der Waals surface area contributed by atoms with Crippen LogP contribution in [0.25, 0.3) is 11.4 Å². The Morgan fingerprint density at radius 1 is 1.32 bits per heavy atom. The largest absolute Gasteiger partial charge is 0.338 e. The third-order valence-electron chi connectivity index (χ3n) is 3.59. The Morgan fingerprint density at radius 3 is 2.72 bits per heavy atom. The number of benzene rings is 1. The summed E-state index contributed by atoms with van der Waals surface area (Å²) in [6.45, 7) is 6.36. The molecule has 1 amide bonds. The molecule has 130 valence electrons. The summed E-state index contributed by atoms with van der Waals surface area (Å²) in [6, 6.07) is 11.6. The van der Waals surface area contributed by atoms with Gasteiger partial charge >= 0.3 is 0 Å². The number of carbonyl (C=O) groups excluding carboxylic acids is 1. The molecular weight excluding hydrogens is 338 g/mol. The predicted octanol–water partition coefficient (Wildman–Crippen LogP) is 3.38. The van der Waals surface area contributed by atoms with Crippen LogP contribution in [0.4, 0.5) is 5.88 Å². The summed E-state index contributed by atoms with van der Waals surface area (Å²) in [6.07, 6.45) is 0. The van der Waals surface area contributed by atoms with Crippen molar-refractivity contribution < 1.29 is 9.32 Å². The molecule has 0 bridgehead atoms. The number of anilines is 1. The monoisotopic (exact) mass is 357 g/mol. The molecule has 2 aromatic heterocycles. The first kappa shape index (κ1) is 17.2.